The molecule has 0 aliphatic rings. The van der Waals surface area contributed by atoms with Gasteiger partial charge in [-0.2, -0.15) is 0 Å². The molecular formula is C14H12ClF2NO. The van der Waals surface area contributed by atoms with E-state index in [0.717, 1.165) is 0 Å². The molecule has 0 fully saturated rings. The number of halogens is 3. The van der Waals surface area contributed by atoms with Gasteiger partial charge in [-0.05, 0) is 25.2 Å². The lowest BCUT2D eigenvalue weighted by molar-refractivity contribution is 0.409. The summed E-state index contributed by atoms with van der Waals surface area (Å²) in [6.45, 7) is 0.412. The van der Waals surface area contributed by atoms with E-state index in [1.165, 1.54) is 18.2 Å². The zero-order chi connectivity index (χ0) is 13.8. The van der Waals surface area contributed by atoms with Crippen molar-refractivity contribution in [3.63, 3.8) is 0 Å². The van der Waals surface area contributed by atoms with E-state index in [1.54, 1.807) is 25.2 Å². The zero-order valence-electron chi connectivity index (χ0n) is 10.2. The smallest absolute Gasteiger partial charge is 0.184 e. The van der Waals surface area contributed by atoms with Crippen molar-refractivity contribution in [2.24, 2.45) is 0 Å². The molecule has 100 valence electrons. The van der Waals surface area contributed by atoms with E-state index in [-0.39, 0.29) is 16.5 Å². The van der Waals surface area contributed by atoms with Gasteiger partial charge in [0.1, 0.15) is 0 Å². The maximum atomic E-state index is 13.8. The first-order valence-corrected chi connectivity index (χ1v) is 6.05. The number of para-hydroxylation sites is 1. The normalized spacial score (nSPS) is 10.5. The van der Waals surface area contributed by atoms with Crippen molar-refractivity contribution in [2.75, 3.05) is 7.05 Å². The van der Waals surface area contributed by atoms with Crippen LogP contribution in [-0.2, 0) is 6.54 Å². The molecule has 19 heavy (non-hydrogen) atoms. The Morgan fingerprint density at radius 2 is 1.89 bits per heavy atom. The second-order valence-corrected chi connectivity index (χ2v) is 4.32. The number of rotatable bonds is 4. The monoisotopic (exact) mass is 283 g/mol. The fourth-order valence-corrected chi connectivity index (χ4v) is 1.84. The lowest BCUT2D eigenvalue weighted by Gasteiger charge is -2.12. The van der Waals surface area contributed by atoms with Crippen molar-refractivity contribution in [3.05, 3.63) is 58.6 Å². The van der Waals surface area contributed by atoms with Crippen LogP contribution < -0.4 is 10.1 Å². The fourth-order valence-electron chi connectivity index (χ4n) is 1.67. The topological polar surface area (TPSA) is 21.3 Å². The quantitative estimate of drug-likeness (QED) is 0.911. The summed E-state index contributed by atoms with van der Waals surface area (Å²) in [5.74, 6) is -1.36. The molecule has 5 heteroatoms. The highest BCUT2D eigenvalue weighted by Gasteiger charge is 2.14. The highest BCUT2D eigenvalue weighted by atomic mass is 35.5. The molecule has 0 atom stereocenters. The van der Waals surface area contributed by atoms with E-state index >= 15 is 0 Å². The second kappa shape index (κ2) is 5.99. The summed E-state index contributed by atoms with van der Waals surface area (Å²) in [6, 6.07) is 8.88. The van der Waals surface area contributed by atoms with Crippen LogP contribution in [0.3, 0.4) is 0 Å². The Balaban J connectivity index is 2.40. The number of ether oxygens (including phenoxy) is 1. The minimum Gasteiger partial charge on any atom is -0.451 e. The fraction of sp³-hybridized carbons (Fsp3) is 0.143. The average Bonchev–Trinajstić information content (AvgIpc) is 2.39. The lowest BCUT2D eigenvalue weighted by Crippen LogP contribution is -2.07. The first-order valence-electron chi connectivity index (χ1n) is 5.67. The molecule has 2 rings (SSSR count). The van der Waals surface area contributed by atoms with E-state index in [1.807, 2.05) is 0 Å². The van der Waals surface area contributed by atoms with Gasteiger partial charge in [0.2, 0.25) is 0 Å². The van der Waals surface area contributed by atoms with E-state index in [0.29, 0.717) is 12.1 Å². The predicted octanol–water partition coefficient (Wildman–Crippen LogP) is 4.13. The molecule has 1 N–H and O–H groups in total. The van der Waals surface area contributed by atoms with Gasteiger partial charge < -0.3 is 10.1 Å². The summed E-state index contributed by atoms with van der Waals surface area (Å²) in [5.41, 5.74) is 0.599. The first kappa shape index (κ1) is 13.8. The van der Waals surface area contributed by atoms with Crippen LogP contribution in [0.15, 0.2) is 36.4 Å². The number of benzene rings is 2. The van der Waals surface area contributed by atoms with Crippen LogP contribution in [-0.4, -0.2) is 7.05 Å². The summed E-state index contributed by atoms with van der Waals surface area (Å²) in [6.07, 6.45) is 0. The number of hydrogen-bond donors (Lipinski definition) is 1. The van der Waals surface area contributed by atoms with E-state index < -0.39 is 11.6 Å². The molecule has 0 spiro atoms. The highest BCUT2D eigenvalue weighted by Crippen LogP contribution is 2.32. The van der Waals surface area contributed by atoms with E-state index in [9.17, 15) is 8.78 Å². The molecule has 0 saturated carbocycles. The van der Waals surface area contributed by atoms with Crippen LogP contribution in [0.4, 0.5) is 8.78 Å². The molecule has 0 aliphatic carbocycles. The molecule has 2 aromatic carbocycles. The van der Waals surface area contributed by atoms with Gasteiger partial charge in [-0.25, -0.2) is 8.78 Å². The first-order chi connectivity index (χ1) is 9.13. The Hall–Kier alpha value is -1.65. The average molecular weight is 284 g/mol. The molecule has 0 saturated heterocycles. The van der Waals surface area contributed by atoms with Crippen molar-refractivity contribution in [3.8, 4) is 11.5 Å². The maximum absolute atomic E-state index is 13.8. The molecule has 0 aliphatic heterocycles. The third-order valence-electron chi connectivity index (χ3n) is 2.54. The summed E-state index contributed by atoms with van der Waals surface area (Å²) in [5, 5.41) is 2.83. The Morgan fingerprint density at radius 1 is 1.16 bits per heavy atom. The predicted molar refractivity (Wildman–Crippen MR) is 70.6 cm³/mol. The zero-order valence-corrected chi connectivity index (χ0v) is 11.0. The minimum absolute atomic E-state index is 0.00184. The van der Waals surface area contributed by atoms with Crippen molar-refractivity contribution < 1.29 is 13.5 Å². The molecule has 0 unspecified atom stereocenters. The van der Waals surface area contributed by atoms with Gasteiger partial charge in [0.15, 0.2) is 23.1 Å². The summed E-state index contributed by atoms with van der Waals surface area (Å²) >= 11 is 5.66. The molecule has 2 aromatic rings. The molecule has 0 heterocycles. The van der Waals surface area contributed by atoms with Gasteiger partial charge in [0.05, 0.1) is 5.02 Å². The van der Waals surface area contributed by atoms with Gasteiger partial charge in [0.25, 0.3) is 0 Å². The maximum Gasteiger partial charge on any atom is 0.184 e. The Labute approximate surface area is 115 Å². The van der Waals surface area contributed by atoms with Crippen LogP contribution in [0.5, 0.6) is 11.5 Å². The van der Waals surface area contributed by atoms with E-state index in [2.05, 4.69) is 5.32 Å². The summed E-state index contributed by atoms with van der Waals surface area (Å²) < 4.78 is 32.9. The van der Waals surface area contributed by atoms with Crippen LogP contribution >= 0.6 is 11.6 Å². The minimum atomic E-state index is -0.706. The summed E-state index contributed by atoms with van der Waals surface area (Å²) in [4.78, 5) is 0. The molecule has 0 radical (unpaired) electrons. The van der Waals surface area contributed by atoms with Crippen molar-refractivity contribution in [1.29, 1.82) is 0 Å². The number of nitrogens with one attached hydrogen (secondary N) is 1. The SMILES string of the molecule is CNCc1cccc(F)c1Oc1cccc(Cl)c1F. The van der Waals surface area contributed by atoms with Crippen LogP contribution in [0.1, 0.15) is 5.56 Å². The second-order valence-electron chi connectivity index (χ2n) is 3.91. The van der Waals surface area contributed by atoms with Crippen LogP contribution in [0, 0.1) is 11.6 Å². The molecule has 0 amide bonds. The van der Waals surface area contributed by atoms with Crippen LogP contribution in [0.2, 0.25) is 5.02 Å². The van der Waals surface area contributed by atoms with Crippen molar-refractivity contribution >= 4 is 11.6 Å². The molecular weight excluding hydrogens is 272 g/mol. The Kier molecular flexibility index (Phi) is 4.35. The van der Waals surface area contributed by atoms with Gasteiger partial charge in [-0.1, -0.05) is 29.8 Å². The van der Waals surface area contributed by atoms with Gasteiger partial charge in [0, 0.05) is 12.1 Å². The standard InChI is InChI=1S/C14H12ClF2NO/c1-18-8-9-4-2-6-11(16)14(9)19-12-7-3-5-10(15)13(12)17/h2-7,18H,8H2,1H3. The van der Waals surface area contributed by atoms with Gasteiger partial charge in [-0.3, -0.25) is 0 Å². The van der Waals surface area contributed by atoms with Gasteiger partial charge >= 0.3 is 0 Å². The number of hydrogen-bond acceptors (Lipinski definition) is 2. The largest absolute Gasteiger partial charge is 0.451 e. The van der Waals surface area contributed by atoms with Gasteiger partial charge in [-0.15, -0.1) is 0 Å². The van der Waals surface area contributed by atoms with Crippen LogP contribution in [0.25, 0.3) is 0 Å². The van der Waals surface area contributed by atoms with Crippen molar-refractivity contribution in [1.82, 2.24) is 5.32 Å². The van der Waals surface area contributed by atoms with Crippen molar-refractivity contribution in [2.45, 2.75) is 6.54 Å². The molecule has 2 nitrogen and oxygen atoms in total. The van der Waals surface area contributed by atoms with E-state index in [4.69, 9.17) is 16.3 Å². The summed E-state index contributed by atoms with van der Waals surface area (Å²) in [7, 11) is 1.73. The Bertz CT molecular complexity index is 590. The third-order valence-corrected chi connectivity index (χ3v) is 2.84. The lowest BCUT2D eigenvalue weighted by atomic mass is 10.2. The molecule has 0 aromatic heterocycles. The molecule has 0 bridgehead atoms. The Morgan fingerprint density at radius 3 is 2.63 bits per heavy atom. The highest BCUT2D eigenvalue weighted by molar-refractivity contribution is 6.30. The third kappa shape index (κ3) is 3.03.